The maximum atomic E-state index is 14.0. The number of hydrogen-bond donors (Lipinski definition) is 1. The van der Waals surface area contributed by atoms with Crippen molar-refractivity contribution in [1.82, 2.24) is 0 Å². The van der Waals surface area contributed by atoms with E-state index in [1.807, 2.05) is 42.5 Å². The SMILES string of the molecule is OC(Cc1cccc2ccccc12)c1cccc(Cl)c1F. The molecule has 0 radical (unpaired) electrons. The number of fused-ring (bicyclic) bond motifs is 1. The Morgan fingerprint density at radius 3 is 2.52 bits per heavy atom. The molecule has 0 aliphatic heterocycles. The molecule has 1 nitrogen and oxygen atoms in total. The quantitative estimate of drug-likeness (QED) is 0.729. The lowest BCUT2D eigenvalue weighted by Gasteiger charge is -2.14. The molecule has 0 fully saturated rings. The molecule has 0 spiro atoms. The molecule has 1 atom stereocenters. The van der Waals surface area contributed by atoms with Crippen LogP contribution in [0.25, 0.3) is 10.8 Å². The zero-order valence-electron chi connectivity index (χ0n) is 11.3. The van der Waals surface area contributed by atoms with Gasteiger partial charge in [-0.2, -0.15) is 0 Å². The van der Waals surface area contributed by atoms with E-state index in [9.17, 15) is 9.50 Å². The van der Waals surface area contributed by atoms with Crippen molar-refractivity contribution >= 4 is 22.4 Å². The summed E-state index contributed by atoms with van der Waals surface area (Å²) in [5, 5.41) is 12.5. The summed E-state index contributed by atoms with van der Waals surface area (Å²) in [4.78, 5) is 0. The minimum Gasteiger partial charge on any atom is -0.388 e. The van der Waals surface area contributed by atoms with Crippen molar-refractivity contribution in [3.05, 3.63) is 82.6 Å². The molecule has 0 saturated heterocycles. The van der Waals surface area contributed by atoms with Crippen LogP contribution in [-0.4, -0.2) is 5.11 Å². The Morgan fingerprint density at radius 1 is 0.952 bits per heavy atom. The minimum atomic E-state index is -0.922. The Balaban J connectivity index is 1.97. The highest BCUT2D eigenvalue weighted by Gasteiger charge is 2.16. The molecule has 0 saturated carbocycles. The highest BCUT2D eigenvalue weighted by Crippen LogP contribution is 2.28. The molecule has 0 aliphatic rings. The second kappa shape index (κ2) is 5.84. The van der Waals surface area contributed by atoms with E-state index >= 15 is 0 Å². The number of benzene rings is 3. The van der Waals surface area contributed by atoms with Crippen molar-refractivity contribution in [2.24, 2.45) is 0 Å². The van der Waals surface area contributed by atoms with Crippen LogP contribution in [0.15, 0.2) is 60.7 Å². The van der Waals surface area contributed by atoms with Crippen molar-refractivity contribution in [1.29, 1.82) is 0 Å². The number of aliphatic hydroxyl groups is 1. The first-order valence-electron chi connectivity index (χ1n) is 6.75. The molecule has 0 heterocycles. The highest BCUT2D eigenvalue weighted by molar-refractivity contribution is 6.30. The van der Waals surface area contributed by atoms with Gasteiger partial charge in [0.15, 0.2) is 0 Å². The number of hydrogen-bond acceptors (Lipinski definition) is 1. The molecule has 0 aliphatic carbocycles. The first-order chi connectivity index (χ1) is 10.2. The van der Waals surface area contributed by atoms with Gasteiger partial charge >= 0.3 is 0 Å². The molecule has 3 aromatic carbocycles. The standard InChI is InChI=1S/C18H14ClFO/c19-16-10-4-9-15(18(16)20)17(21)11-13-7-3-6-12-5-1-2-8-14(12)13/h1-10,17,21H,11H2. The van der Waals surface area contributed by atoms with Gasteiger partial charge in [-0.25, -0.2) is 4.39 Å². The van der Waals surface area contributed by atoms with Crippen LogP contribution >= 0.6 is 11.6 Å². The van der Waals surface area contributed by atoms with Crippen molar-refractivity contribution in [3.63, 3.8) is 0 Å². The Bertz CT molecular complexity index is 780. The lowest BCUT2D eigenvalue weighted by Crippen LogP contribution is -2.05. The summed E-state index contributed by atoms with van der Waals surface area (Å²) in [6, 6.07) is 18.6. The minimum absolute atomic E-state index is 0.0319. The summed E-state index contributed by atoms with van der Waals surface area (Å²) in [7, 11) is 0. The third kappa shape index (κ3) is 2.78. The Morgan fingerprint density at radius 2 is 1.67 bits per heavy atom. The summed E-state index contributed by atoms with van der Waals surface area (Å²) in [6.45, 7) is 0. The second-order valence-corrected chi connectivity index (χ2v) is 5.41. The molecule has 1 N–H and O–H groups in total. The summed E-state index contributed by atoms with van der Waals surface area (Å²) in [5.41, 5.74) is 1.22. The van der Waals surface area contributed by atoms with Gasteiger partial charge in [0.05, 0.1) is 11.1 Å². The van der Waals surface area contributed by atoms with Crippen molar-refractivity contribution in [2.45, 2.75) is 12.5 Å². The maximum absolute atomic E-state index is 14.0. The van der Waals surface area contributed by atoms with E-state index in [2.05, 4.69) is 0 Å². The molecule has 3 aromatic rings. The van der Waals surface area contributed by atoms with E-state index in [1.54, 1.807) is 12.1 Å². The van der Waals surface area contributed by atoms with Gasteiger partial charge in [0, 0.05) is 12.0 Å². The first kappa shape index (κ1) is 14.1. The molecular formula is C18H14ClFO. The van der Waals surface area contributed by atoms with E-state index in [1.165, 1.54) is 6.07 Å². The lowest BCUT2D eigenvalue weighted by atomic mass is 9.96. The number of rotatable bonds is 3. The highest BCUT2D eigenvalue weighted by atomic mass is 35.5. The second-order valence-electron chi connectivity index (χ2n) is 5.00. The molecule has 1 unspecified atom stereocenters. The van der Waals surface area contributed by atoms with Crippen LogP contribution in [-0.2, 0) is 6.42 Å². The fourth-order valence-electron chi connectivity index (χ4n) is 2.57. The smallest absolute Gasteiger partial charge is 0.147 e. The lowest BCUT2D eigenvalue weighted by molar-refractivity contribution is 0.174. The predicted octanol–water partition coefficient (Wildman–Crippen LogP) is 4.91. The molecular weight excluding hydrogens is 287 g/mol. The van der Waals surface area contributed by atoms with Crippen molar-refractivity contribution in [3.8, 4) is 0 Å². The van der Waals surface area contributed by atoms with E-state index in [-0.39, 0.29) is 10.6 Å². The summed E-state index contributed by atoms with van der Waals surface area (Å²) >= 11 is 5.77. The molecule has 21 heavy (non-hydrogen) atoms. The molecule has 3 heteroatoms. The third-order valence-electron chi connectivity index (χ3n) is 3.63. The van der Waals surface area contributed by atoms with Crippen LogP contribution < -0.4 is 0 Å². The van der Waals surface area contributed by atoms with E-state index in [0.29, 0.717) is 6.42 Å². The zero-order chi connectivity index (χ0) is 14.8. The number of halogens is 2. The average Bonchev–Trinajstić information content (AvgIpc) is 2.50. The van der Waals surface area contributed by atoms with Crippen molar-refractivity contribution in [2.75, 3.05) is 0 Å². The molecule has 0 bridgehead atoms. The summed E-state index contributed by atoms with van der Waals surface area (Å²) in [6.07, 6.45) is -0.576. The van der Waals surface area contributed by atoms with Crippen LogP contribution in [0, 0.1) is 5.82 Å². The van der Waals surface area contributed by atoms with Gasteiger partial charge in [-0.3, -0.25) is 0 Å². The Hall–Kier alpha value is -1.90. The van der Waals surface area contributed by atoms with Gasteiger partial charge in [-0.05, 0) is 22.4 Å². The van der Waals surface area contributed by atoms with Gasteiger partial charge in [0.25, 0.3) is 0 Å². The maximum Gasteiger partial charge on any atom is 0.147 e. The average molecular weight is 301 g/mol. The Kier molecular flexibility index (Phi) is 3.91. The summed E-state index contributed by atoms with van der Waals surface area (Å²) in [5.74, 6) is -0.549. The van der Waals surface area contributed by atoms with Gasteiger partial charge < -0.3 is 5.11 Å². The van der Waals surface area contributed by atoms with E-state index in [4.69, 9.17) is 11.6 Å². The normalized spacial score (nSPS) is 12.5. The fraction of sp³-hybridized carbons (Fsp3) is 0.111. The van der Waals surface area contributed by atoms with E-state index < -0.39 is 11.9 Å². The van der Waals surface area contributed by atoms with Crippen molar-refractivity contribution < 1.29 is 9.50 Å². The van der Waals surface area contributed by atoms with Crippen LogP contribution in [0.5, 0.6) is 0 Å². The largest absolute Gasteiger partial charge is 0.388 e. The topological polar surface area (TPSA) is 20.2 Å². The van der Waals surface area contributed by atoms with Gasteiger partial charge in [0.2, 0.25) is 0 Å². The Labute approximate surface area is 127 Å². The van der Waals surface area contributed by atoms with Gasteiger partial charge in [0.1, 0.15) is 5.82 Å². The van der Waals surface area contributed by atoms with Gasteiger partial charge in [-0.1, -0.05) is 66.2 Å². The van der Waals surface area contributed by atoms with E-state index in [0.717, 1.165) is 16.3 Å². The molecule has 3 rings (SSSR count). The van der Waals surface area contributed by atoms with Crippen LogP contribution in [0.4, 0.5) is 4.39 Å². The molecule has 0 aromatic heterocycles. The van der Waals surface area contributed by atoms with Crippen LogP contribution in [0.2, 0.25) is 5.02 Å². The van der Waals surface area contributed by atoms with Crippen LogP contribution in [0.3, 0.4) is 0 Å². The van der Waals surface area contributed by atoms with Gasteiger partial charge in [-0.15, -0.1) is 0 Å². The summed E-state index contributed by atoms with van der Waals surface area (Å²) < 4.78 is 14.0. The fourth-order valence-corrected chi connectivity index (χ4v) is 2.75. The first-order valence-corrected chi connectivity index (χ1v) is 7.13. The monoisotopic (exact) mass is 300 g/mol. The number of aliphatic hydroxyl groups excluding tert-OH is 1. The molecule has 106 valence electrons. The van der Waals surface area contributed by atoms with Crippen LogP contribution in [0.1, 0.15) is 17.2 Å². The predicted molar refractivity (Wildman–Crippen MR) is 84.0 cm³/mol. The zero-order valence-corrected chi connectivity index (χ0v) is 12.0. The third-order valence-corrected chi connectivity index (χ3v) is 3.93. The molecule has 0 amide bonds.